The summed E-state index contributed by atoms with van der Waals surface area (Å²) in [5.41, 5.74) is 2.07. The number of nitrogens with zero attached hydrogens (tertiary/aromatic N) is 2. The van der Waals surface area contributed by atoms with Crippen LogP contribution in [-0.4, -0.2) is 23.6 Å². The van der Waals surface area contributed by atoms with E-state index in [-0.39, 0.29) is 6.04 Å². The summed E-state index contributed by atoms with van der Waals surface area (Å²) in [7, 11) is 1.67. The molecule has 1 aromatic heterocycles. The van der Waals surface area contributed by atoms with Gasteiger partial charge in [0.2, 0.25) is 0 Å². The Bertz CT molecular complexity index is 470. The van der Waals surface area contributed by atoms with E-state index in [9.17, 15) is 0 Å². The lowest BCUT2D eigenvalue weighted by Crippen LogP contribution is -2.23. The van der Waals surface area contributed by atoms with E-state index in [0.29, 0.717) is 0 Å². The van der Waals surface area contributed by atoms with Crippen LogP contribution in [0.15, 0.2) is 42.9 Å². The van der Waals surface area contributed by atoms with E-state index in [0.717, 1.165) is 23.6 Å². The zero-order valence-corrected chi connectivity index (χ0v) is 10.6. The fourth-order valence-corrected chi connectivity index (χ4v) is 1.85. The van der Waals surface area contributed by atoms with Crippen molar-refractivity contribution in [2.45, 2.75) is 13.0 Å². The largest absolute Gasteiger partial charge is 0.497 e. The second kappa shape index (κ2) is 6.12. The second-order valence-electron chi connectivity index (χ2n) is 3.89. The minimum atomic E-state index is 0.0645. The Balaban J connectivity index is 2.29. The topological polar surface area (TPSA) is 47.0 Å². The monoisotopic (exact) mass is 243 g/mol. The Morgan fingerprint density at radius 2 is 2.00 bits per heavy atom. The van der Waals surface area contributed by atoms with Crippen molar-refractivity contribution in [1.82, 2.24) is 15.3 Å². The Morgan fingerprint density at radius 3 is 2.56 bits per heavy atom. The molecule has 0 aliphatic heterocycles. The lowest BCUT2D eigenvalue weighted by Gasteiger charge is -2.17. The highest BCUT2D eigenvalue weighted by molar-refractivity contribution is 5.32. The number of aromatic nitrogens is 2. The first kappa shape index (κ1) is 12.5. The van der Waals surface area contributed by atoms with Crippen LogP contribution in [0.3, 0.4) is 0 Å². The zero-order chi connectivity index (χ0) is 12.8. The average Bonchev–Trinajstić information content (AvgIpc) is 2.46. The Hall–Kier alpha value is -1.94. The standard InChI is InChI=1S/C14H17N3O/c1-3-16-14(13-10-15-8-9-17-13)11-4-6-12(18-2)7-5-11/h4-10,14,16H,3H2,1-2H3. The van der Waals surface area contributed by atoms with Crippen LogP contribution in [0.5, 0.6) is 5.75 Å². The van der Waals surface area contributed by atoms with E-state index < -0.39 is 0 Å². The molecule has 1 aromatic carbocycles. The van der Waals surface area contributed by atoms with Crippen molar-refractivity contribution in [2.75, 3.05) is 13.7 Å². The van der Waals surface area contributed by atoms with Gasteiger partial charge >= 0.3 is 0 Å². The molecule has 0 spiro atoms. The van der Waals surface area contributed by atoms with Gasteiger partial charge in [0.1, 0.15) is 5.75 Å². The van der Waals surface area contributed by atoms with Crippen molar-refractivity contribution >= 4 is 0 Å². The van der Waals surface area contributed by atoms with Crippen molar-refractivity contribution in [1.29, 1.82) is 0 Å². The molecule has 2 rings (SSSR count). The summed E-state index contributed by atoms with van der Waals surface area (Å²) in [6.45, 7) is 2.94. The third-order valence-corrected chi connectivity index (χ3v) is 2.74. The highest BCUT2D eigenvalue weighted by Gasteiger charge is 2.14. The maximum atomic E-state index is 5.17. The Morgan fingerprint density at radius 1 is 1.22 bits per heavy atom. The van der Waals surface area contributed by atoms with Gasteiger partial charge in [-0.05, 0) is 24.2 Å². The number of hydrogen-bond donors (Lipinski definition) is 1. The van der Waals surface area contributed by atoms with Crippen LogP contribution in [0.25, 0.3) is 0 Å². The van der Waals surface area contributed by atoms with Crippen molar-refractivity contribution in [3.05, 3.63) is 54.1 Å². The fraction of sp³-hybridized carbons (Fsp3) is 0.286. The van der Waals surface area contributed by atoms with Crippen LogP contribution in [0.2, 0.25) is 0 Å². The minimum Gasteiger partial charge on any atom is -0.497 e. The van der Waals surface area contributed by atoms with E-state index >= 15 is 0 Å². The maximum absolute atomic E-state index is 5.17. The molecule has 1 N–H and O–H groups in total. The molecule has 0 saturated heterocycles. The number of benzene rings is 1. The molecule has 4 heteroatoms. The molecule has 1 unspecified atom stereocenters. The van der Waals surface area contributed by atoms with Gasteiger partial charge in [-0.2, -0.15) is 0 Å². The molecular formula is C14H17N3O. The predicted octanol–water partition coefficient (Wildman–Crippen LogP) is 2.18. The van der Waals surface area contributed by atoms with E-state index in [4.69, 9.17) is 4.74 Å². The highest BCUT2D eigenvalue weighted by atomic mass is 16.5. The number of nitrogens with one attached hydrogen (secondary N) is 1. The highest BCUT2D eigenvalue weighted by Crippen LogP contribution is 2.22. The fourth-order valence-electron chi connectivity index (χ4n) is 1.85. The summed E-state index contributed by atoms with van der Waals surface area (Å²) in [5.74, 6) is 0.855. The molecule has 0 aliphatic rings. The van der Waals surface area contributed by atoms with Crippen LogP contribution >= 0.6 is 0 Å². The van der Waals surface area contributed by atoms with Crippen molar-refractivity contribution in [3.63, 3.8) is 0 Å². The second-order valence-corrected chi connectivity index (χ2v) is 3.89. The van der Waals surface area contributed by atoms with Crippen LogP contribution in [0, 0.1) is 0 Å². The lowest BCUT2D eigenvalue weighted by atomic mass is 10.0. The third kappa shape index (κ3) is 2.84. The number of rotatable bonds is 5. The van der Waals surface area contributed by atoms with E-state index in [1.54, 1.807) is 25.7 Å². The summed E-state index contributed by atoms with van der Waals surface area (Å²) in [6, 6.07) is 8.06. The maximum Gasteiger partial charge on any atom is 0.118 e. The molecule has 4 nitrogen and oxygen atoms in total. The Labute approximate surface area is 107 Å². The molecule has 1 heterocycles. The van der Waals surface area contributed by atoms with Gasteiger partial charge in [-0.3, -0.25) is 9.97 Å². The molecule has 94 valence electrons. The summed E-state index contributed by atoms with van der Waals surface area (Å²) in [5, 5.41) is 3.41. The third-order valence-electron chi connectivity index (χ3n) is 2.74. The van der Waals surface area contributed by atoms with Crippen LogP contribution in [0.1, 0.15) is 24.2 Å². The summed E-state index contributed by atoms with van der Waals surface area (Å²) >= 11 is 0. The van der Waals surface area contributed by atoms with Gasteiger partial charge in [0, 0.05) is 12.4 Å². The lowest BCUT2D eigenvalue weighted by molar-refractivity contribution is 0.414. The first-order chi connectivity index (χ1) is 8.85. The van der Waals surface area contributed by atoms with E-state index in [1.807, 2.05) is 24.3 Å². The molecule has 1 atom stereocenters. The summed E-state index contributed by atoms with van der Waals surface area (Å²) < 4.78 is 5.17. The van der Waals surface area contributed by atoms with Crippen LogP contribution < -0.4 is 10.1 Å². The van der Waals surface area contributed by atoms with Crippen molar-refractivity contribution in [3.8, 4) is 5.75 Å². The number of ether oxygens (including phenoxy) is 1. The molecular weight excluding hydrogens is 226 g/mol. The van der Waals surface area contributed by atoms with Crippen LogP contribution in [0.4, 0.5) is 0 Å². The molecule has 0 aliphatic carbocycles. The molecule has 0 fully saturated rings. The van der Waals surface area contributed by atoms with Gasteiger partial charge in [0.05, 0.1) is 25.0 Å². The quantitative estimate of drug-likeness (QED) is 0.874. The van der Waals surface area contributed by atoms with Gasteiger partial charge in [-0.1, -0.05) is 19.1 Å². The van der Waals surface area contributed by atoms with E-state index in [2.05, 4.69) is 22.2 Å². The molecule has 0 saturated carbocycles. The Kier molecular flexibility index (Phi) is 4.25. The number of hydrogen-bond acceptors (Lipinski definition) is 4. The molecule has 0 bridgehead atoms. The van der Waals surface area contributed by atoms with Crippen molar-refractivity contribution < 1.29 is 4.74 Å². The summed E-state index contributed by atoms with van der Waals surface area (Å²) in [4.78, 5) is 8.48. The smallest absolute Gasteiger partial charge is 0.118 e. The first-order valence-electron chi connectivity index (χ1n) is 5.98. The van der Waals surface area contributed by atoms with Gasteiger partial charge in [0.15, 0.2) is 0 Å². The minimum absolute atomic E-state index is 0.0645. The summed E-state index contributed by atoms with van der Waals surface area (Å²) in [6.07, 6.45) is 5.18. The van der Waals surface area contributed by atoms with Gasteiger partial charge in [0.25, 0.3) is 0 Å². The molecule has 18 heavy (non-hydrogen) atoms. The average molecular weight is 243 g/mol. The molecule has 2 aromatic rings. The SMILES string of the molecule is CCNC(c1ccc(OC)cc1)c1cnccn1. The zero-order valence-electron chi connectivity index (χ0n) is 10.6. The van der Waals surface area contributed by atoms with Crippen molar-refractivity contribution in [2.24, 2.45) is 0 Å². The number of methoxy groups -OCH3 is 1. The van der Waals surface area contributed by atoms with Crippen LogP contribution in [-0.2, 0) is 0 Å². The van der Waals surface area contributed by atoms with E-state index in [1.165, 1.54) is 0 Å². The molecule has 0 radical (unpaired) electrons. The predicted molar refractivity (Wildman–Crippen MR) is 70.5 cm³/mol. The van der Waals surface area contributed by atoms with Gasteiger partial charge < -0.3 is 10.1 Å². The van der Waals surface area contributed by atoms with Gasteiger partial charge in [-0.15, -0.1) is 0 Å². The molecule has 0 amide bonds. The van der Waals surface area contributed by atoms with Gasteiger partial charge in [-0.25, -0.2) is 0 Å². The first-order valence-corrected chi connectivity index (χ1v) is 5.98. The normalized spacial score (nSPS) is 12.1.